The number of rotatable bonds is 1. The number of para-hydroxylation sites is 1. The normalized spacial score (nSPS) is 25.7. The minimum Gasteiger partial charge on any atom is -0.357 e. The Hall–Kier alpha value is -1.62. The van der Waals surface area contributed by atoms with Crippen LogP contribution in [0.5, 0.6) is 0 Å². The molecule has 1 aromatic rings. The Kier molecular flexibility index (Phi) is 3.38. The number of benzene rings is 1. The summed E-state index contributed by atoms with van der Waals surface area (Å²) in [5.41, 5.74) is 0.801. The van der Waals surface area contributed by atoms with Crippen molar-refractivity contribution < 1.29 is 4.79 Å². The van der Waals surface area contributed by atoms with Crippen molar-refractivity contribution in [1.82, 2.24) is 10.2 Å². The molecule has 0 unspecified atom stereocenters. The first-order valence-electron chi connectivity index (χ1n) is 6.71. The number of nitrogens with one attached hydrogen (secondary N) is 2. The number of carbonyl (C=O) groups excluding carboxylic acids is 1. The quantitative estimate of drug-likeness (QED) is 0.775. The number of carbonyl (C=O) groups is 1. The zero-order chi connectivity index (χ0) is 13.2. The van der Waals surface area contributed by atoms with E-state index in [2.05, 4.69) is 10.6 Å². The summed E-state index contributed by atoms with van der Waals surface area (Å²) in [5.74, 6) is 0. The van der Waals surface area contributed by atoms with Crippen molar-refractivity contribution in [3.8, 4) is 0 Å². The summed E-state index contributed by atoms with van der Waals surface area (Å²) < 4.78 is 0. The molecule has 0 aromatic heterocycles. The number of hydrogen-bond donors (Lipinski definition) is 2. The monoisotopic (exact) mass is 275 g/mol. The van der Waals surface area contributed by atoms with Crippen LogP contribution in [0.3, 0.4) is 0 Å². The van der Waals surface area contributed by atoms with E-state index in [9.17, 15) is 4.79 Å². The molecule has 2 N–H and O–H groups in total. The fourth-order valence-electron chi connectivity index (χ4n) is 2.92. The van der Waals surface area contributed by atoms with Crippen molar-refractivity contribution >= 4 is 29.0 Å². The molecule has 1 saturated carbocycles. The third kappa shape index (κ3) is 2.42. The third-order valence-corrected chi connectivity index (χ3v) is 4.15. The standard InChI is InChI=1S/C14H17N3OS/c18-13(15-10-6-2-1-3-7-10)17-12-9-5-4-8-11(12)16-14(17)19/h1-3,6-7,11-12H,4-5,8-9H2,(H,15,18)(H,16,19)/t11-,12-/m0/s1. The van der Waals surface area contributed by atoms with Gasteiger partial charge in [-0.15, -0.1) is 0 Å². The van der Waals surface area contributed by atoms with Crippen LogP contribution >= 0.6 is 12.2 Å². The number of thiocarbonyl (C=S) groups is 1. The molecule has 5 heteroatoms. The molecular weight excluding hydrogens is 258 g/mol. The summed E-state index contributed by atoms with van der Waals surface area (Å²) in [6.07, 6.45) is 4.51. The first-order valence-corrected chi connectivity index (χ1v) is 7.12. The molecule has 19 heavy (non-hydrogen) atoms. The van der Waals surface area contributed by atoms with Crippen LogP contribution in [-0.2, 0) is 0 Å². The van der Waals surface area contributed by atoms with Gasteiger partial charge in [0.1, 0.15) is 0 Å². The van der Waals surface area contributed by atoms with Gasteiger partial charge in [0.15, 0.2) is 5.11 Å². The fourth-order valence-corrected chi connectivity index (χ4v) is 3.29. The molecule has 1 heterocycles. The molecule has 1 saturated heterocycles. The second-order valence-electron chi connectivity index (χ2n) is 5.07. The molecule has 4 nitrogen and oxygen atoms in total. The molecule has 2 fully saturated rings. The van der Waals surface area contributed by atoms with Crippen LogP contribution in [0.15, 0.2) is 30.3 Å². The van der Waals surface area contributed by atoms with Crippen LogP contribution < -0.4 is 10.6 Å². The van der Waals surface area contributed by atoms with Gasteiger partial charge >= 0.3 is 6.03 Å². The minimum atomic E-state index is -0.127. The SMILES string of the molecule is O=C(Nc1ccccc1)N1C(=S)N[C@H]2CCCC[C@@H]21. The van der Waals surface area contributed by atoms with Crippen LogP contribution in [0.4, 0.5) is 10.5 Å². The Bertz CT molecular complexity index is 491. The van der Waals surface area contributed by atoms with E-state index in [1.807, 2.05) is 30.3 Å². The highest BCUT2D eigenvalue weighted by atomic mass is 32.1. The topological polar surface area (TPSA) is 44.4 Å². The molecule has 1 aliphatic heterocycles. The maximum Gasteiger partial charge on any atom is 0.328 e. The van der Waals surface area contributed by atoms with E-state index in [0.717, 1.165) is 18.5 Å². The summed E-state index contributed by atoms with van der Waals surface area (Å²) in [5, 5.41) is 6.74. The number of urea groups is 1. The van der Waals surface area contributed by atoms with Crippen LogP contribution in [0.1, 0.15) is 25.7 Å². The van der Waals surface area contributed by atoms with Crippen LogP contribution in [-0.4, -0.2) is 28.1 Å². The number of nitrogens with zero attached hydrogens (tertiary/aromatic N) is 1. The molecule has 0 radical (unpaired) electrons. The van der Waals surface area contributed by atoms with E-state index in [0.29, 0.717) is 11.2 Å². The second kappa shape index (κ2) is 5.17. The zero-order valence-electron chi connectivity index (χ0n) is 10.6. The predicted octanol–water partition coefficient (Wildman–Crippen LogP) is 2.72. The average Bonchev–Trinajstić information content (AvgIpc) is 2.75. The van der Waals surface area contributed by atoms with Gasteiger partial charge in [0, 0.05) is 11.7 Å². The van der Waals surface area contributed by atoms with Gasteiger partial charge in [-0.2, -0.15) is 0 Å². The van der Waals surface area contributed by atoms with E-state index < -0.39 is 0 Å². The maximum absolute atomic E-state index is 12.4. The number of amides is 2. The average molecular weight is 275 g/mol. The first-order chi connectivity index (χ1) is 9.25. The highest BCUT2D eigenvalue weighted by molar-refractivity contribution is 7.80. The lowest BCUT2D eigenvalue weighted by Crippen LogP contribution is -2.44. The highest BCUT2D eigenvalue weighted by Gasteiger charge is 2.41. The Balaban J connectivity index is 1.74. The van der Waals surface area contributed by atoms with Crippen molar-refractivity contribution in [2.24, 2.45) is 0 Å². The van der Waals surface area contributed by atoms with Crippen molar-refractivity contribution in [1.29, 1.82) is 0 Å². The van der Waals surface area contributed by atoms with Gasteiger partial charge in [0.2, 0.25) is 0 Å². The van der Waals surface area contributed by atoms with Gasteiger partial charge in [0.05, 0.1) is 6.04 Å². The Morgan fingerprint density at radius 1 is 1.26 bits per heavy atom. The number of anilines is 1. The van der Waals surface area contributed by atoms with E-state index in [1.54, 1.807) is 4.90 Å². The van der Waals surface area contributed by atoms with E-state index in [4.69, 9.17) is 12.2 Å². The molecule has 3 rings (SSSR count). The molecule has 100 valence electrons. The number of hydrogen-bond acceptors (Lipinski definition) is 2. The minimum absolute atomic E-state index is 0.127. The number of fused-ring (bicyclic) bond motifs is 1. The third-order valence-electron chi connectivity index (χ3n) is 3.83. The fraction of sp³-hybridized carbons (Fsp3) is 0.429. The van der Waals surface area contributed by atoms with Gasteiger partial charge < -0.3 is 10.6 Å². The lowest BCUT2D eigenvalue weighted by atomic mass is 9.91. The van der Waals surface area contributed by atoms with Crippen LogP contribution in [0, 0.1) is 0 Å². The Labute approximate surface area is 118 Å². The molecule has 2 aliphatic rings. The van der Waals surface area contributed by atoms with E-state index in [1.165, 1.54) is 12.8 Å². The summed E-state index contributed by atoms with van der Waals surface area (Å²) >= 11 is 5.30. The highest BCUT2D eigenvalue weighted by Crippen LogP contribution is 2.28. The van der Waals surface area contributed by atoms with Gasteiger partial charge in [-0.3, -0.25) is 4.90 Å². The summed E-state index contributed by atoms with van der Waals surface area (Å²) in [7, 11) is 0. The zero-order valence-corrected chi connectivity index (χ0v) is 11.5. The molecule has 2 amide bonds. The smallest absolute Gasteiger partial charge is 0.328 e. The molecule has 0 bridgehead atoms. The van der Waals surface area contributed by atoms with E-state index >= 15 is 0 Å². The second-order valence-corrected chi connectivity index (χ2v) is 5.46. The Morgan fingerprint density at radius 2 is 2.00 bits per heavy atom. The Morgan fingerprint density at radius 3 is 2.79 bits per heavy atom. The van der Waals surface area contributed by atoms with Gasteiger partial charge in [-0.05, 0) is 37.2 Å². The summed E-state index contributed by atoms with van der Waals surface area (Å²) in [6.45, 7) is 0. The largest absolute Gasteiger partial charge is 0.357 e. The van der Waals surface area contributed by atoms with Gasteiger partial charge in [-0.25, -0.2) is 4.79 Å². The van der Waals surface area contributed by atoms with Crippen LogP contribution in [0.25, 0.3) is 0 Å². The molecule has 0 spiro atoms. The van der Waals surface area contributed by atoms with Crippen molar-refractivity contribution in [3.63, 3.8) is 0 Å². The van der Waals surface area contributed by atoms with Crippen LogP contribution in [0.2, 0.25) is 0 Å². The molecular formula is C14H17N3OS. The molecule has 1 aliphatic carbocycles. The van der Waals surface area contributed by atoms with Gasteiger partial charge in [-0.1, -0.05) is 31.0 Å². The molecule has 2 atom stereocenters. The predicted molar refractivity (Wildman–Crippen MR) is 79.1 cm³/mol. The van der Waals surface area contributed by atoms with Crippen molar-refractivity contribution in [2.75, 3.05) is 5.32 Å². The lowest BCUT2D eigenvalue weighted by Gasteiger charge is -2.29. The van der Waals surface area contributed by atoms with Crippen molar-refractivity contribution in [3.05, 3.63) is 30.3 Å². The summed E-state index contributed by atoms with van der Waals surface area (Å²) in [6, 6.07) is 9.91. The molecule has 1 aromatic carbocycles. The first kappa shape index (κ1) is 12.4. The maximum atomic E-state index is 12.4. The van der Waals surface area contributed by atoms with Crippen molar-refractivity contribution in [2.45, 2.75) is 37.8 Å². The van der Waals surface area contributed by atoms with Gasteiger partial charge in [0.25, 0.3) is 0 Å². The van der Waals surface area contributed by atoms with E-state index in [-0.39, 0.29) is 12.1 Å². The lowest BCUT2D eigenvalue weighted by molar-refractivity contribution is 0.212. The summed E-state index contributed by atoms with van der Waals surface area (Å²) in [4.78, 5) is 14.1.